The molecule has 2 aliphatic rings. The number of carbonyl (C=O) groups excluding carboxylic acids is 1. The summed E-state index contributed by atoms with van der Waals surface area (Å²) in [7, 11) is 0. The number of nitrogens with zero attached hydrogens (tertiary/aromatic N) is 2. The first kappa shape index (κ1) is 16.7. The van der Waals surface area contributed by atoms with Crippen molar-refractivity contribution in [3.05, 3.63) is 71.8 Å². The molecule has 1 unspecified atom stereocenters. The van der Waals surface area contributed by atoms with Gasteiger partial charge in [0.15, 0.2) is 5.84 Å². The Bertz CT molecular complexity index is 1150. The van der Waals surface area contributed by atoms with Crippen LogP contribution in [-0.4, -0.2) is 24.2 Å². The van der Waals surface area contributed by atoms with E-state index >= 15 is 0 Å². The van der Waals surface area contributed by atoms with E-state index in [4.69, 9.17) is 9.47 Å². The summed E-state index contributed by atoms with van der Waals surface area (Å²) in [5.74, 6) is 1.65. The summed E-state index contributed by atoms with van der Waals surface area (Å²) in [6.07, 6.45) is 0.550. The number of fused-ring (bicyclic) bond motifs is 4. The maximum atomic E-state index is 12.8. The van der Waals surface area contributed by atoms with Gasteiger partial charge in [0.2, 0.25) is 5.90 Å². The molecule has 2 heterocycles. The Hall–Kier alpha value is -3.47. The van der Waals surface area contributed by atoms with E-state index in [1.165, 1.54) is 0 Å². The molecule has 0 saturated carbocycles. The molecule has 0 saturated heterocycles. The molecule has 3 aromatic rings. The first-order chi connectivity index (χ1) is 13.7. The monoisotopic (exact) mass is 370 g/mol. The van der Waals surface area contributed by atoms with E-state index in [0.29, 0.717) is 24.8 Å². The van der Waals surface area contributed by atoms with Crippen molar-refractivity contribution in [3.8, 4) is 11.5 Å². The number of aliphatic imine (C=N–C) groups is 2. The fraction of sp³-hybridized carbons (Fsp3) is 0.174. The molecule has 0 fully saturated rings. The van der Waals surface area contributed by atoms with Crippen LogP contribution in [-0.2, 0) is 11.2 Å². The molecule has 0 radical (unpaired) electrons. The zero-order valence-electron chi connectivity index (χ0n) is 15.4. The van der Waals surface area contributed by atoms with Gasteiger partial charge in [0.05, 0.1) is 6.61 Å². The minimum Gasteiger partial charge on any atom is -0.494 e. The van der Waals surface area contributed by atoms with E-state index in [1.807, 2.05) is 55.5 Å². The predicted molar refractivity (Wildman–Crippen MR) is 108 cm³/mol. The number of amidine groups is 1. The number of hydrogen-bond donors (Lipinski definition) is 0. The van der Waals surface area contributed by atoms with Gasteiger partial charge in [0.1, 0.15) is 17.4 Å². The highest BCUT2D eigenvalue weighted by molar-refractivity contribution is 6.19. The summed E-state index contributed by atoms with van der Waals surface area (Å²) in [4.78, 5) is 21.6. The van der Waals surface area contributed by atoms with Crippen molar-refractivity contribution in [1.29, 1.82) is 0 Å². The number of benzene rings is 3. The van der Waals surface area contributed by atoms with Gasteiger partial charge in [0, 0.05) is 11.1 Å². The van der Waals surface area contributed by atoms with Crippen LogP contribution in [0, 0.1) is 5.92 Å². The van der Waals surface area contributed by atoms with Gasteiger partial charge >= 0.3 is 0 Å². The zero-order valence-corrected chi connectivity index (χ0v) is 15.4. The molecule has 0 aromatic heterocycles. The normalized spacial score (nSPS) is 17.9. The average molecular weight is 370 g/mol. The Labute approximate surface area is 162 Å². The molecular weight excluding hydrogens is 352 g/mol. The van der Waals surface area contributed by atoms with Gasteiger partial charge in [-0.15, -0.1) is 0 Å². The van der Waals surface area contributed by atoms with Gasteiger partial charge < -0.3 is 9.47 Å². The van der Waals surface area contributed by atoms with Crippen LogP contribution in [0.25, 0.3) is 10.8 Å². The van der Waals surface area contributed by atoms with E-state index in [0.717, 1.165) is 33.4 Å². The summed E-state index contributed by atoms with van der Waals surface area (Å²) in [6, 6.07) is 19.5. The fourth-order valence-electron chi connectivity index (χ4n) is 3.70. The molecule has 5 nitrogen and oxygen atoms in total. The minimum atomic E-state index is -0.468. The van der Waals surface area contributed by atoms with Gasteiger partial charge in [-0.3, -0.25) is 4.79 Å². The number of amides is 1. The third-order valence-corrected chi connectivity index (χ3v) is 5.07. The van der Waals surface area contributed by atoms with Crippen LogP contribution in [0.2, 0.25) is 0 Å². The average Bonchev–Trinajstić information content (AvgIpc) is 2.73. The highest BCUT2D eigenvalue weighted by atomic mass is 16.5. The van der Waals surface area contributed by atoms with E-state index in [-0.39, 0.29) is 5.91 Å². The molecule has 2 aliphatic heterocycles. The van der Waals surface area contributed by atoms with Gasteiger partial charge in [-0.05, 0) is 54.4 Å². The number of hydrogen-bond acceptors (Lipinski definition) is 4. The number of rotatable bonds is 3. The summed E-state index contributed by atoms with van der Waals surface area (Å²) in [5.41, 5.74) is 1.80. The van der Waals surface area contributed by atoms with Crippen LogP contribution >= 0.6 is 0 Å². The molecule has 1 amide bonds. The van der Waals surface area contributed by atoms with Crippen molar-refractivity contribution in [2.75, 3.05) is 6.61 Å². The van der Waals surface area contributed by atoms with E-state index in [1.54, 1.807) is 0 Å². The molecule has 0 bridgehead atoms. The highest BCUT2D eigenvalue weighted by Gasteiger charge is 2.36. The molecule has 0 N–H and O–H groups in total. The predicted octanol–water partition coefficient (Wildman–Crippen LogP) is 4.18. The topological polar surface area (TPSA) is 60.2 Å². The van der Waals surface area contributed by atoms with E-state index < -0.39 is 5.92 Å². The van der Waals surface area contributed by atoms with Crippen molar-refractivity contribution in [3.63, 3.8) is 0 Å². The summed E-state index contributed by atoms with van der Waals surface area (Å²) in [5, 5.41) is 2.24. The Morgan fingerprint density at radius 3 is 2.68 bits per heavy atom. The van der Waals surface area contributed by atoms with E-state index in [9.17, 15) is 4.79 Å². The number of ether oxygens (including phenoxy) is 2. The second-order valence-electron chi connectivity index (χ2n) is 6.80. The second-order valence-corrected chi connectivity index (χ2v) is 6.80. The van der Waals surface area contributed by atoms with Crippen molar-refractivity contribution in [1.82, 2.24) is 0 Å². The Balaban J connectivity index is 1.51. The third-order valence-electron chi connectivity index (χ3n) is 5.07. The lowest BCUT2D eigenvalue weighted by atomic mass is 9.90. The Morgan fingerprint density at radius 2 is 1.86 bits per heavy atom. The third kappa shape index (κ3) is 2.76. The van der Waals surface area contributed by atoms with Crippen molar-refractivity contribution in [2.45, 2.75) is 13.3 Å². The van der Waals surface area contributed by atoms with Crippen LogP contribution in [0.1, 0.15) is 18.1 Å². The summed E-state index contributed by atoms with van der Waals surface area (Å²) in [6.45, 7) is 2.54. The highest BCUT2D eigenvalue weighted by Crippen LogP contribution is 2.36. The van der Waals surface area contributed by atoms with E-state index in [2.05, 4.69) is 22.1 Å². The Morgan fingerprint density at radius 1 is 1.04 bits per heavy atom. The lowest BCUT2D eigenvalue weighted by molar-refractivity contribution is -0.120. The largest absolute Gasteiger partial charge is 0.494 e. The van der Waals surface area contributed by atoms with Gasteiger partial charge in [-0.2, -0.15) is 9.98 Å². The SMILES string of the molecule is CCOc1ccc(C2=NC(=O)C3Cc4c(ccc5ccccc45)OC3=N2)cc1. The molecule has 5 rings (SSSR count). The molecule has 5 heteroatoms. The number of carbonyl (C=O) groups is 1. The minimum absolute atomic E-state index is 0.215. The van der Waals surface area contributed by atoms with Crippen molar-refractivity contribution >= 4 is 28.4 Å². The van der Waals surface area contributed by atoms with Crippen LogP contribution in [0.3, 0.4) is 0 Å². The van der Waals surface area contributed by atoms with Gasteiger partial charge in [-0.1, -0.05) is 30.3 Å². The van der Waals surface area contributed by atoms with Gasteiger partial charge in [-0.25, -0.2) is 0 Å². The standard InChI is InChI=1S/C23H18N2O3/c1-2-27-16-10-7-15(8-11-16)21-24-22(26)19-13-18-17-6-4-3-5-14(17)9-12-20(18)28-23(19)25-21/h3-12,19H,2,13H2,1H3. The first-order valence-electron chi connectivity index (χ1n) is 9.36. The van der Waals surface area contributed by atoms with Crippen LogP contribution < -0.4 is 9.47 Å². The summed E-state index contributed by atoms with van der Waals surface area (Å²) < 4.78 is 11.5. The molecule has 3 aromatic carbocycles. The smallest absolute Gasteiger partial charge is 0.260 e. The van der Waals surface area contributed by atoms with Crippen LogP contribution in [0.4, 0.5) is 0 Å². The van der Waals surface area contributed by atoms with Crippen LogP contribution in [0.5, 0.6) is 11.5 Å². The molecule has 1 atom stereocenters. The molecular formula is C23H18N2O3. The zero-order chi connectivity index (χ0) is 19.1. The molecule has 138 valence electrons. The second kappa shape index (κ2) is 6.60. The molecule has 0 spiro atoms. The Kier molecular flexibility index (Phi) is 3.93. The maximum absolute atomic E-state index is 12.8. The first-order valence-corrected chi connectivity index (χ1v) is 9.36. The summed E-state index contributed by atoms with van der Waals surface area (Å²) >= 11 is 0. The quantitative estimate of drug-likeness (QED) is 0.695. The fourth-order valence-corrected chi connectivity index (χ4v) is 3.70. The molecule has 0 aliphatic carbocycles. The van der Waals surface area contributed by atoms with Gasteiger partial charge in [0.25, 0.3) is 5.91 Å². The van der Waals surface area contributed by atoms with Crippen molar-refractivity contribution < 1.29 is 14.3 Å². The lowest BCUT2D eigenvalue weighted by Gasteiger charge is -2.27. The maximum Gasteiger partial charge on any atom is 0.260 e. The van der Waals surface area contributed by atoms with Crippen LogP contribution in [0.15, 0.2) is 70.6 Å². The lowest BCUT2D eigenvalue weighted by Crippen LogP contribution is -2.37. The molecule has 28 heavy (non-hydrogen) atoms. The van der Waals surface area contributed by atoms with Crippen molar-refractivity contribution in [2.24, 2.45) is 15.9 Å².